The maximum absolute atomic E-state index is 5.82. The summed E-state index contributed by atoms with van der Waals surface area (Å²) in [5.74, 6) is 0. The Bertz CT molecular complexity index is 280. The van der Waals surface area contributed by atoms with Crippen LogP contribution in [0, 0.1) is 0 Å². The topological polar surface area (TPSA) is 9.23 Å². The van der Waals surface area contributed by atoms with E-state index in [2.05, 4.69) is 18.4 Å². The van der Waals surface area contributed by atoms with Crippen LogP contribution in [0.3, 0.4) is 0 Å². The average molecular weight is 210 g/mol. The molecule has 1 aliphatic rings. The molecule has 0 saturated heterocycles. The Morgan fingerprint density at radius 3 is 3.29 bits per heavy atom. The predicted octanol–water partition coefficient (Wildman–Crippen LogP) is 3.94. The summed E-state index contributed by atoms with van der Waals surface area (Å²) in [5.41, 5.74) is 1.47. The lowest BCUT2D eigenvalue weighted by Gasteiger charge is -2.23. The van der Waals surface area contributed by atoms with Gasteiger partial charge in [-0.2, -0.15) is 0 Å². The molecule has 2 heteroatoms. The van der Waals surface area contributed by atoms with Crippen molar-refractivity contribution in [3.8, 4) is 0 Å². The lowest BCUT2D eigenvalue weighted by Crippen LogP contribution is -2.14. The molecule has 1 aromatic rings. The molecule has 78 valence electrons. The van der Waals surface area contributed by atoms with E-state index in [0.29, 0.717) is 6.10 Å². The van der Waals surface area contributed by atoms with Crippen LogP contribution in [0.15, 0.2) is 11.4 Å². The number of unbranched alkanes of at least 4 members (excludes halogenated alkanes) is 2. The first-order valence-electron chi connectivity index (χ1n) is 5.59. The van der Waals surface area contributed by atoms with E-state index in [-0.39, 0.29) is 0 Å². The van der Waals surface area contributed by atoms with Crippen LogP contribution in [0.2, 0.25) is 0 Å². The van der Waals surface area contributed by atoms with Crippen LogP contribution >= 0.6 is 11.3 Å². The zero-order valence-corrected chi connectivity index (χ0v) is 9.61. The molecule has 1 aliphatic heterocycles. The molecule has 1 atom stereocenters. The molecule has 0 aromatic carbocycles. The largest absolute Gasteiger partial charge is 0.373 e. The van der Waals surface area contributed by atoms with Gasteiger partial charge in [-0.05, 0) is 23.4 Å². The Balaban J connectivity index is 1.94. The highest BCUT2D eigenvalue weighted by Crippen LogP contribution is 2.34. The van der Waals surface area contributed by atoms with Crippen LogP contribution in [0.5, 0.6) is 0 Å². The molecule has 0 amide bonds. The van der Waals surface area contributed by atoms with Gasteiger partial charge in [-0.15, -0.1) is 11.3 Å². The van der Waals surface area contributed by atoms with Gasteiger partial charge in [-0.1, -0.05) is 26.2 Å². The molecular weight excluding hydrogens is 192 g/mol. The highest BCUT2D eigenvalue weighted by atomic mass is 32.1. The van der Waals surface area contributed by atoms with Gasteiger partial charge in [0.25, 0.3) is 0 Å². The normalized spacial score (nSPS) is 20.8. The van der Waals surface area contributed by atoms with E-state index in [1.807, 2.05) is 11.3 Å². The van der Waals surface area contributed by atoms with E-state index >= 15 is 0 Å². The van der Waals surface area contributed by atoms with Gasteiger partial charge in [0.05, 0.1) is 12.7 Å². The molecule has 14 heavy (non-hydrogen) atoms. The minimum absolute atomic E-state index is 0.400. The molecule has 2 rings (SSSR count). The van der Waals surface area contributed by atoms with Crippen LogP contribution in [0.1, 0.15) is 49.2 Å². The fraction of sp³-hybridized carbons (Fsp3) is 0.667. The molecule has 0 unspecified atom stereocenters. The summed E-state index contributed by atoms with van der Waals surface area (Å²) >= 11 is 1.89. The molecule has 0 radical (unpaired) electrons. The second kappa shape index (κ2) is 4.94. The molecule has 1 aromatic heterocycles. The van der Waals surface area contributed by atoms with E-state index < -0.39 is 0 Å². The minimum Gasteiger partial charge on any atom is -0.373 e. The van der Waals surface area contributed by atoms with Gasteiger partial charge in [-0.3, -0.25) is 0 Å². The summed E-state index contributed by atoms with van der Waals surface area (Å²) < 4.78 is 5.82. The van der Waals surface area contributed by atoms with Crippen LogP contribution in [0.4, 0.5) is 0 Å². The SMILES string of the molecule is CCCCC[C@H]1OCCc2sccc21. The number of rotatable bonds is 4. The first-order valence-corrected chi connectivity index (χ1v) is 6.47. The molecule has 0 spiro atoms. The fourth-order valence-corrected chi connectivity index (χ4v) is 2.96. The zero-order valence-electron chi connectivity index (χ0n) is 8.79. The quantitative estimate of drug-likeness (QED) is 0.684. The van der Waals surface area contributed by atoms with Gasteiger partial charge in [0.15, 0.2) is 0 Å². The van der Waals surface area contributed by atoms with Crippen molar-refractivity contribution in [3.63, 3.8) is 0 Å². The molecule has 1 nitrogen and oxygen atoms in total. The molecule has 0 fully saturated rings. The van der Waals surface area contributed by atoms with Crippen LogP contribution < -0.4 is 0 Å². The lowest BCUT2D eigenvalue weighted by atomic mass is 10.0. The summed E-state index contributed by atoms with van der Waals surface area (Å²) in [5, 5.41) is 2.20. The number of hydrogen-bond acceptors (Lipinski definition) is 2. The molecule has 0 bridgehead atoms. The molecule has 0 saturated carbocycles. The zero-order chi connectivity index (χ0) is 9.80. The average Bonchev–Trinajstić information content (AvgIpc) is 2.67. The van der Waals surface area contributed by atoms with Gasteiger partial charge in [0.1, 0.15) is 0 Å². The molecular formula is C12H18OS. The fourth-order valence-electron chi connectivity index (χ4n) is 2.04. The first-order chi connectivity index (χ1) is 6.92. The number of hydrogen-bond donors (Lipinski definition) is 0. The molecule has 2 heterocycles. The van der Waals surface area contributed by atoms with Crippen LogP contribution in [-0.4, -0.2) is 6.61 Å². The Morgan fingerprint density at radius 2 is 2.43 bits per heavy atom. The summed E-state index contributed by atoms with van der Waals surface area (Å²) in [4.78, 5) is 1.55. The number of thiophene rings is 1. The van der Waals surface area contributed by atoms with Crippen molar-refractivity contribution in [1.82, 2.24) is 0 Å². The maximum Gasteiger partial charge on any atom is 0.0835 e. The Hall–Kier alpha value is -0.340. The van der Waals surface area contributed by atoms with E-state index in [1.54, 1.807) is 4.88 Å². The van der Waals surface area contributed by atoms with E-state index in [4.69, 9.17) is 4.74 Å². The summed E-state index contributed by atoms with van der Waals surface area (Å²) in [6.45, 7) is 3.17. The van der Waals surface area contributed by atoms with Crippen molar-refractivity contribution in [2.75, 3.05) is 6.61 Å². The van der Waals surface area contributed by atoms with Gasteiger partial charge in [0.2, 0.25) is 0 Å². The van der Waals surface area contributed by atoms with Crippen LogP contribution in [0.25, 0.3) is 0 Å². The van der Waals surface area contributed by atoms with Gasteiger partial charge < -0.3 is 4.74 Å². The third-order valence-electron chi connectivity index (χ3n) is 2.84. The number of ether oxygens (including phenoxy) is 1. The highest BCUT2D eigenvalue weighted by molar-refractivity contribution is 7.10. The smallest absolute Gasteiger partial charge is 0.0835 e. The predicted molar refractivity (Wildman–Crippen MR) is 60.9 cm³/mol. The highest BCUT2D eigenvalue weighted by Gasteiger charge is 2.20. The monoisotopic (exact) mass is 210 g/mol. The van der Waals surface area contributed by atoms with Gasteiger partial charge in [0, 0.05) is 11.3 Å². The Kier molecular flexibility index (Phi) is 3.60. The second-order valence-electron chi connectivity index (χ2n) is 3.90. The maximum atomic E-state index is 5.82. The Morgan fingerprint density at radius 1 is 1.50 bits per heavy atom. The lowest BCUT2D eigenvalue weighted by molar-refractivity contribution is 0.0361. The number of fused-ring (bicyclic) bond motifs is 1. The summed E-state index contributed by atoms with van der Waals surface area (Å²) in [7, 11) is 0. The van der Waals surface area contributed by atoms with E-state index in [9.17, 15) is 0 Å². The van der Waals surface area contributed by atoms with E-state index in [0.717, 1.165) is 13.0 Å². The van der Waals surface area contributed by atoms with Crippen molar-refractivity contribution in [1.29, 1.82) is 0 Å². The molecule has 0 N–H and O–H groups in total. The third kappa shape index (κ3) is 2.18. The van der Waals surface area contributed by atoms with Crippen molar-refractivity contribution in [3.05, 3.63) is 21.9 Å². The molecule has 0 aliphatic carbocycles. The van der Waals surface area contributed by atoms with E-state index in [1.165, 1.54) is 31.2 Å². The van der Waals surface area contributed by atoms with Crippen molar-refractivity contribution < 1.29 is 4.74 Å². The second-order valence-corrected chi connectivity index (χ2v) is 4.91. The van der Waals surface area contributed by atoms with Crippen LogP contribution in [-0.2, 0) is 11.2 Å². The third-order valence-corrected chi connectivity index (χ3v) is 3.84. The summed E-state index contributed by atoms with van der Waals surface area (Å²) in [6.07, 6.45) is 6.66. The summed E-state index contributed by atoms with van der Waals surface area (Å²) in [6, 6.07) is 2.25. The van der Waals surface area contributed by atoms with Crippen molar-refractivity contribution >= 4 is 11.3 Å². The Labute approximate surface area is 90.1 Å². The minimum atomic E-state index is 0.400. The van der Waals surface area contributed by atoms with Crippen molar-refractivity contribution in [2.24, 2.45) is 0 Å². The van der Waals surface area contributed by atoms with Crippen molar-refractivity contribution in [2.45, 2.75) is 45.1 Å². The standard InChI is InChI=1S/C12H18OS/c1-2-3-4-5-11-10-7-9-14-12(10)6-8-13-11/h7,9,11H,2-6,8H2,1H3/t11-/m1/s1. The first kappa shape index (κ1) is 10.2. The van der Waals surface area contributed by atoms with Gasteiger partial charge >= 0.3 is 0 Å². The van der Waals surface area contributed by atoms with Gasteiger partial charge in [-0.25, -0.2) is 0 Å².